The Morgan fingerprint density at radius 3 is 2.48 bits per heavy atom. The van der Waals surface area contributed by atoms with Crippen molar-refractivity contribution in [2.45, 2.75) is 57.1 Å². The van der Waals surface area contributed by atoms with E-state index in [2.05, 4.69) is 4.90 Å². The van der Waals surface area contributed by atoms with Gasteiger partial charge in [-0.05, 0) is 63.0 Å². The molecule has 1 aliphatic rings. The van der Waals surface area contributed by atoms with Crippen LogP contribution in [0.2, 0.25) is 5.02 Å². The van der Waals surface area contributed by atoms with Crippen LogP contribution < -0.4 is 0 Å². The summed E-state index contributed by atoms with van der Waals surface area (Å²) in [5.74, 6) is -0.656. The highest BCUT2D eigenvalue weighted by atomic mass is 35.5. The molecular formula is C19H30ClFN2O3S. The molecule has 1 atom stereocenters. The quantitative estimate of drug-likeness (QED) is 0.766. The molecule has 1 aromatic carbocycles. The normalized spacial score (nSPS) is 18.8. The van der Waals surface area contributed by atoms with Crippen molar-refractivity contribution in [1.29, 1.82) is 0 Å². The first-order valence-corrected chi connectivity index (χ1v) is 11.1. The molecule has 0 spiro atoms. The van der Waals surface area contributed by atoms with Crippen molar-refractivity contribution in [2.24, 2.45) is 5.41 Å². The van der Waals surface area contributed by atoms with Gasteiger partial charge in [-0.1, -0.05) is 32.4 Å². The Hall–Kier alpha value is -0.730. The smallest absolute Gasteiger partial charge is 0.245 e. The van der Waals surface area contributed by atoms with Crippen LogP contribution in [-0.4, -0.2) is 61.6 Å². The molecule has 1 saturated heterocycles. The second-order valence-electron chi connectivity index (χ2n) is 8.60. The third-order valence-corrected chi connectivity index (χ3v) is 7.21. The lowest BCUT2D eigenvalue weighted by Gasteiger charge is -2.38. The lowest BCUT2D eigenvalue weighted by molar-refractivity contribution is 0.0795. The van der Waals surface area contributed by atoms with Crippen LogP contribution in [0.3, 0.4) is 0 Å². The van der Waals surface area contributed by atoms with Crippen LogP contribution >= 0.6 is 11.6 Å². The van der Waals surface area contributed by atoms with Crippen molar-refractivity contribution >= 4 is 21.6 Å². The van der Waals surface area contributed by atoms with Gasteiger partial charge in [0.05, 0.1) is 11.1 Å². The minimum atomic E-state index is -4.04. The van der Waals surface area contributed by atoms with Crippen LogP contribution in [0.15, 0.2) is 23.1 Å². The molecule has 8 heteroatoms. The highest BCUT2D eigenvalue weighted by Gasteiger charge is 2.36. The number of aliphatic hydroxyl groups excluding tert-OH is 1. The van der Waals surface area contributed by atoms with Crippen molar-refractivity contribution in [1.82, 2.24) is 9.21 Å². The zero-order chi connectivity index (χ0) is 20.4. The van der Waals surface area contributed by atoms with Crippen molar-refractivity contribution in [3.05, 3.63) is 29.0 Å². The van der Waals surface area contributed by atoms with Gasteiger partial charge in [-0.25, -0.2) is 12.8 Å². The number of nitrogens with zero attached hydrogens (tertiary/aromatic N) is 2. The lowest BCUT2D eigenvalue weighted by Crippen LogP contribution is -2.49. The van der Waals surface area contributed by atoms with Crippen molar-refractivity contribution in [3.63, 3.8) is 0 Å². The van der Waals surface area contributed by atoms with Gasteiger partial charge in [0.1, 0.15) is 10.7 Å². The largest absolute Gasteiger partial charge is 0.392 e. The summed E-state index contributed by atoms with van der Waals surface area (Å²) in [5, 5.41) is 10.5. The summed E-state index contributed by atoms with van der Waals surface area (Å²) in [7, 11) is -2.05. The second kappa shape index (κ2) is 8.74. The zero-order valence-electron chi connectivity index (χ0n) is 16.5. The van der Waals surface area contributed by atoms with Gasteiger partial charge in [-0.3, -0.25) is 0 Å². The predicted octanol–water partition coefficient (Wildman–Crippen LogP) is 3.36. The van der Waals surface area contributed by atoms with Crippen LogP contribution in [0.4, 0.5) is 4.39 Å². The van der Waals surface area contributed by atoms with Crippen LogP contribution in [0.5, 0.6) is 0 Å². The predicted molar refractivity (Wildman–Crippen MR) is 106 cm³/mol. The number of rotatable bonds is 6. The van der Waals surface area contributed by atoms with Crippen LogP contribution in [0.25, 0.3) is 0 Å². The van der Waals surface area contributed by atoms with E-state index in [0.717, 1.165) is 25.2 Å². The molecule has 5 nitrogen and oxygen atoms in total. The summed E-state index contributed by atoms with van der Waals surface area (Å²) < 4.78 is 41.7. The maximum Gasteiger partial charge on any atom is 0.245 e. The van der Waals surface area contributed by atoms with Crippen molar-refractivity contribution in [3.8, 4) is 0 Å². The van der Waals surface area contributed by atoms with E-state index in [0.29, 0.717) is 19.3 Å². The first-order chi connectivity index (χ1) is 12.4. The Labute approximate surface area is 167 Å². The summed E-state index contributed by atoms with van der Waals surface area (Å²) in [6, 6.07) is 3.09. The van der Waals surface area contributed by atoms with Crippen LogP contribution in [0, 0.1) is 11.2 Å². The molecule has 0 unspecified atom stereocenters. The third-order valence-electron chi connectivity index (χ3n) is 4.81. The Bertz CT molecular complexity index is 744. The number of sulfonamides is 1. The number of likely N-dealkylation sites (tertiary alicyclic amines) is 1. The van der Waals surface area contributed by atoms with Gasteiger partial charge in [0.15, 0.2) is 0 Å². The van der Waals surface area contributed by atoms with E-state index < -0.39 is 21.9 Å². The molecule has 0 aromatic heterocycles. The van der Waals surface area contributed by atoms with E-state index in [4.69, 9.17) is 11.6 Å². The second-order valence-corrected chi connectivity index (χ2v) is 10.9. The number of halogens is 2. The number of benzene rings is 1. The molecule has 0 aliphatic carbocycles. The van der Waals surface area contributed by atoms with E-state index in [1.165, 1.54) is 10.4 Å². The lowest BCUT2D eigenvalue weighted by atomic mass is 9.89. The Balaban J connectivity index is 2.37. The van der Waals surface area contributed by atoms with E-state index in [1.807, 2.05) is 27.8 Å². The molecule has 0 saturated carbocycles. The topological polar surface area (TPSA) is 60.9 Å². The summed E-state index contributed by atoms with van der Waals surface area (Å²) in [4.78, 5) is 1.90. The third kappa shape index (κ3) is 6.12. The van der Waals surface area contributed by atoms with Gasteiger partial charge in [0.25, 0.3) is 0 Å². The van der Waals surface area contributed by atoms with Gasteiger partial charge >= 0.3 is 0 Å². The van der Waals surface area contributed by atoms with E-state index in [9.17, 15) is 17.9 Å². The molecule has 27 heavy (non-hydrogen) atoms. The van der Waals surface area contributed by atoms with Gasteiger partial charge in [-0.2, -0.15) is 4.31 Å². The summed E-state index contributed by atoms with van der Waals surface area (Å²) in [6.07, 6.45) is 0.963. The average Bonchev–Trinajstić information content (AvgIpc) is 2.54. The van der Waals surface area contributed by atoms with E-state index in [-0.39, 0.29) is 27.9 Å². The Kier molecular flexibility index (Phi) is 7.30. The number of piperidine rings is 1. The molecule has 1 heterocycles. The molecule has 2 rings (SSSR count). The summed E-state index contributed by atoms with van der Waals surface area (Å²) >= 11 is 6.09. The number of hydrogen-bond acceptors (Lipinski definition) is 4. The van der Waals surface area contributed by atoms with Gasteiger partial charge in [-0.15, -0.1) is 0 Å². The molecule has 0 bridgehead atoms. The minimum absolute atomic E-state index is 0.0142. The highest BCUT2D eigenvalue weighted by Crippen LogP contribution is 2.31. The fourth-order valence-corrected chi connectivity index (χ4v) is 5.72. The Morgan fingerprint density at radius 2 is 1.93 bits per heavy atom. The number of hydrogen-bond donors (Lipinski definition) is 1. The minimum Gasteiger partial charge on any atom is -0.392 e. The summed E-state index contributed by atoms with van der Waals surface area (Å²) in [6.45, 7) is 7.49. The van der Waals surface area contributed by atoms with Crippen molar-refractivity contribution < 1.29 is 17.9 Å². The molecule has 0 radical (unpaired) electrons. The maximum absolute atomic E-state index is 13.7. The fourth-order valence-electron chi connectivity index (χ4n) is 3.51. The molecule has 0 amide bonds. The van der Waals surface area contributed by atoms with Gasteiger partial charge in [0.2, 0.25) is 10.0 Å². The molecule has 154 valence electrons. The van der Waals surface area contributed by atoms with Gasteiger partial charge in [0, 0.05) is 12.6 Å². The summed E-state index contributed by atoms with van der Waals surface area (Å²) in [5.41, 5.74) is -0.141. The van der Waals surface area contributed by atoms with Crippen LogP contribution in [0.1, 0.15) is 40.0 Å². The SMILES string of the molecule is CN1CCC(N(C[C@@H](O)CC(C)(C)C)S(=O)(=O)c2cc(F)ccc2Cl)CC1. The average molecular weight is 421 g/mol. The first-order valence-electron chi connectivity index (χ1n) is 9.23. The first kappa shape index (κ1) is 22.6. The number of aliphatic hydroxyl groups is 1. The fraction of sp³-hybridized carbons (Fsp3) is 0.684. The molecular weight excluding hydrogens is 391 g/mol. The monoisotopic (exact) mass is 420 g/mol. The molecule has 1 fully saturated rings. The molecule has 1 N–H and O–H groups in total. The highest BCUT2D eigenvalue weighted by molar-refractivity contribution is 7.89. The van der Waals surface area contributed by atoms with Crippen molar-refractivity contribution in [2.75, 3.05) is 26.7 Å². The van der Waals surface area contributed by atoms with Crippen LogP contribution in [-0.2, 0) is 10.0 Å². The van der Waals surface area contributed by atoms with E-state index in [1.54, 1.807) is 0 Å². The van der Waals surface area contributed by atoms with E-state index >= 15 is 0 Å². The molecule has 1 aliphatic heterocycles. The molecule has 1 aromatic rings. The van der Waals surface area contributed by atoms with Gasteiger partial charge < -0.3 is 10.0 Å². The zero-order valence-corrected chi connectivity index (χ0v) is 18.0. The Morgan fingerprint density at radius 1 is 1.33 bits per heavy atom. The maximum atomic E-state index is 13.7. The standard InChI is InChI=1S/C19H30ClFN2O3S/c1-19(2,3)12-16(24)13-23(15-7-9-22(4)10-8-15)27(25,26)18-11-14(21)5-6-17(18)20/h5-6,11,15-16,24H,7-10,12-13H2,1-4H3/t16-/m0/s1.